The summed E-state index contributed by atoms with van der Waals surface area (Å²) in [6.45, 7) is 0. The van der Waals surface area contributed by atoms with Crippen LogP contribution in [0.4, 0.5) is 0 Å². The van der Waals surface area contributed by atoms with Gasteiger partial charge in [0, 0.05) is 17.1 Å². The van der Waals surface area contributed by atoms with E-state index in [-0.39, 0.29) is 23.0 Å². The molecule has 0 aliphatic carbocycles. The average molecular weight is 268 g/mol. The van der Waals surface area contributed by atoms with Crippen LogP contribution in [0.25, 0.3) is 0 Å². The van der Waals surface area contributed by atoms with E-state index in [0.29, 0.717) is 12.2 Å². The minimum absolute atomic E-state index is 0. The van der Waals surface area contributed by atoms with Gasteiger partial charge in [0.25, 0.3) is 0 Å². The third kappa shape index (κ3) is 4.43. The second-order valence-electron chi connectivity index (χ2n) is 3.45. The molecular formula is C14H12FeO2. The summed E-state index contributed by atoms with van der Waals surface area (Å²) < 4.78 is 5.18. The fourth-order valence-electron chi connectivity index (χ4n) is 1.42. The van der Waals surface area contributed by atoms with Crippen molar-refractivity contribution in [2.24, 2.45) is 0 Å². The average Bonchev–Trinajstić information content (AvgIpc) is 2.31. The molecule has 0 fully saturated rings. The summed E-state index contributed by atoms with van der Waals surface area (Å²) in [5.41, 5.74) is 0.962. The van der Waals surface area contributed by atoms with E-state index in [2.05, 4.69) is 0 Å². The molecule has 88 valence electrons. The Morgan fingerprint density at radius 1 is 0.882 bits per heavy atom. The maximum atomic E-state index is 11.6. The van der Waals surface area contributed by atoms with Gasteiger partial charge in [0.05, 0.1) is 6.42 Å². The minimum Gasteiger partial charge on any atom is -0.426 e. The first kappa shape index (κ1) is 13.5. The topological polar surface area (TPSA) is 26.3 Å². The van der Waals surface area contributed by atoms with Gasteiger partial charge < -0.3 is 4.74 Å². The Morgan fingerprint density at radius 2 is 1.41 bits per heavy atom. The maximum Gasteiger partial charge on any atom is 0.315 e. The normalized spacial score (nSPS) is 9.18. The first-order valence-corrected chi connectivity index (χ1v) is 5.14. The zero-order valence-corrected chi connectivity index (χ0v) is 10.3. The van der Waals surface area contributed by atoms with Crippen molar-refractivity contribution in [2.45, 2.75) is 6.42 Å². The van der Waals surface area contributed by atoms with Gasteiger partial charge in [0.2, 0.25) is 0 Å². The van der Waals surface area contributed by atoms with E-state index < -0.39 is 0 Å². The van der Waals surface area contributed by atoms with Gasteiger partial charge >= 0.3 is 5.97 Å². The van der Waals surface area contributed by atoms with Crippen molar-refractivity contribution in [1.29, 1.82) is 0 Å². The molecule has 0 radical (unpaired) electrons. The molecule has 0 unspecified atom stereocenters. The Kier molecular flexibility index (Phi) is 5.47. The molecule has 0 aromatic heterocycles. The number of carbonyl (C=O) groups excluding carboxylic acids is 1. The van der Waals surface area contributed by atoms with Gasteiger partial charge in [0.1, 0.15) is 5.75 Å². The molecule has 2 nitrogen and oxygen atoms in total. The van der Waals surface area contributed by atoms with Gasteiger partial charge in [0.15, 0.2) is 0 Å². The first-order valence-electron chi connectivity index (χ1n) is 5.14. The van der Waals surface area contributed by atoms with Gasteiger partial charge in [-0.05, 0) is 17.7 Å². The molecule has 17 heavy (non-hydrogen) atoms. The molecular weight excluding hydrogens is 256 g/mol. The predicted molar refractivity (Wildman–Crippen MR) is 62.2 cm³/mol. The smallest absolute Gasteiger partial charge is 0.315 e. The van der Waals surface area contributed by atoms with Crippen molar-refractivity contribution in [2.75, 3.05) is 0 Å². The molecule has 0 aliphatic heterocycles. The van der Waals surface area contributed by atoms with E-state index >= 15 is 0 Å². The Labute approximate surface area is 111 Å². The summed E-state index contributed by atoms with van der Waals surface area (Å²) >= 11 is 0. The van der Waals surface area contributed by atoms with Crippen LogP contribution in [0.15, 0.2) is 60.7 Å². The molecule has 2 aromatic carbocycles. The zero-order valence-electron chi connectivity index (χ0n) is 9.15. The standard InChI is InChI=1S/C14H12O2.Fe/c15-14(11-12-7-3-1-4-8-12)16-13-9-5-2-6-10-13;/h1-10H,11H2;. The Morgan fingerprint density at radius 3 is 2.00 bits per heavy atom. The first-order chi connectivity index (χ1) is 7.84. The van der Waals surface area contributed by atoms with E-state index in [9.17, 15) is 4.79 Å². The number of ether oxygens (including phenoxy) is 1. The summed E-state index contributed by atoms with van der Waals surface area (Å²) in [6, 6.07) is 18.7. The molecule has 0 N–H and O–H groups in total. The number of rotatable bonds is 3. The van der Waals surface area contributed by atoms with Gasteiger partial charge in [-0.1, -0.05) is 48.5 Å². The monoisotopic (exact) mass is 268 g/mol. The number of esters is 1. The molecule has 2 aromatic rings. The van der Waals surface area contributed by atoms with Crippen molar-refractivity contribution in [3.8, 4) is 5.75 Å². The van der Waals surface area contributed by atoms with Crippen LogP contribution in [0.5, 0.6) is 5.75 Å². The van der Waals surface area contributed by atoms with E-state index in [1.54, 1.807) is 12.1 Å². The third-order valence-corrected chi connectivity index (χ3v) is 2.17. The molecule has 2 rings (SSSR count). The second-order valence-corrected chi connectivity index (χ2v) is 3.45. The fourth-order valence-corrected chi connectivity index (χ4v) is 1.42. The van der Waals surface area contributed by atoms with Crippen LogP contribution in [0.1, 0.15) is 5.56 Å². The summed E-state index contributed by atoms with van der Waals surface area (Å²) in [6.07, 6.45) is 0.301. The van der Waals surface area contributed by atoms with E-state index in [0.717, 1.165) is 5.56 Å². The van der Waals surface area contributed by atoms with Crippen molar-refractivity contribution in [3.63, 3.8) is 0 Å². The van der Waals surface area contributed by atoms with Crippen LogP contribution in [0.2, 0.25) is 0 Å². The Hall–Kier alpha value is -1.57. The third-order valence-electron chi connectivity index (χ3n) is 2.17. The van der Waals surface area contributed by atoms with Crippen molar-refractivity contribution >= 4 is 5.97 Å². The summed E-state index contributed by atoms with van der Waals surface area (Å²) in [5.74, 6) is 0.348. The van der Waals surface area contributed by atoms with E-state index in [1.165, 1.54) is 0 Å². The number of carbonyl (C=O) groups is 1. The number of benzene rings is 2. The van der Waals surface area contributed by atoms with Crippen LogP contribution in [-0.2, 0) is 28.3 Å². The zero-order chi connectivity index (χ0) is 11.2. The van der Waals surface area contributed by atoms with Crippen molar-refractivity contribution in [1.82, 2.24) is 0 Å². The summed E-state index contributed by atoms with van der Waals surface area (Å²) in [4.78, 5) is 11.6. The minimum atomic E-state index is -0.239. The fraction of sp³-hybridized carbons (Fsp3) is 0.0714. The van der Waals surface area contributed by atoms with Gasteiger partial charge in [-0.2, -0.15) is 0 Å². The van der Waals surface area contributed by atoms with Crippen LogP contribution < -0.4 is 4.74 Å². The predicted octanol–water partition coefficient (Wildman–Crippen LogP) is 2.83. The SMILES string of the molecule is O=C(Cc1ccccc1)Oc1ccccc1.[Fe]. The molecule has 3 heteroatoms. The summed E-state index contributed by atoms with van der Waals surface area (Å²) in [5, 5.41) is 0. The van der Waals surface area contributed by atoms with Gasteiger partial charge in [-0.3, -0.25) is 4.79 Å². The molecule has 0 saturated heterocycles. The quantitative estimate of drug-likeness (QED) is 0.486. The number of hydrogen-bond donors (Lipinski definition) is 0. The van der Waals surface area contributed by atoms with Crippen molar-refractivity contribution < 1.29 is 26.6 Å². The molecule has 0 spiro atoms. The second kappa shape index (κ2) is 6.89. The molecule has 0 heterocycles. The van der Waals surface area contributed by atoms with Gasteiger partial charge in [-0.25, -0.2) is 0 Å². The van der Waals surface area contributed by atoms with E-state index in [4.69, 9.17) is 4.74 Å². The van der Waals surface area contributed by atoms with Crippen LogP contribution in [0, 0.1) is 0 Å². The Balaban J connectivity index is 0.00000144. The van der Waals surface area contributed by atoms with Crippen LogP contribution >= 0.6 is 0 Å². The van der Waals surface area contributed by atoms with Gasteiger partial charge in [-0.15, -0.1) is 0 Å². The molecule has 0 saturated carbocycles. The number of para-hydroxylation sites is 1. The van der Waals surface area contributed by atoms with Crippen LogP contribution in [0.3, 0.4) is 0 Å². The Bertz CT molecular complexity index is 411. The van der Waals surface area contributed by atoms with Crippen LogP contribution in [-0.4, -0.2) is 5.97 Å². The molecule has 0 amide bonds. The molecule has 0 atom stereocenters. The summed E-state index contributed by atoms with van der Waals surface area (Å²) in [7, 11) is 0. The molecule has 0 bridgehead atoms. The molecule has 0 aliphatic rings. The number of hydrogen-bond acceptors (Lipinski definition) is 2. The largest absolute Gasteiger partial charge is 0.426 e. The van der Waals surface area contributed by atoms with E-state index in [1.807, 2.05) is 48.5 Å². The maximum absolute atomic E-state index is 11.6. The van der Waals surface area contributed by atoms with Crippen molar-refractivity contribution in [3.05, 3.63) is 66.2 Å².